The molecule has 1 atom stereocenters. The molecule has 2 aliphatic rings. The lowest BCUT2D eigenvalue weighted by molar-refractivity contribution is 0.257. The average molecular weight is 394 g/mol. The summed E-state index contributed by atoms with van der Waals surface area (Å²) >= 11 is 2.11. The van der Waals surface area contributed by atoms with Gasteiger partial charge in [-0.05, 0) is 53.5 Å². The Morgan fingerprint density at radius 1 is 1.24 bits per heavy atom. The quantitative estimate of drug-likeness (QED) is 0.797. The highest BCUT2D eigenvalue weighted by atomic mass is 127. The lowest BCUT2D eigenvalue weighted by Crippen LogP contribution is -2.26. The van der Waals surface area contributed by atoms with Crippen molar-refractivity contribution in [3.63, 3.8) is 0 Å². The number of nitrogens with zero attached hydrogens (tertiary/aromatic N) is 1. The molecular weight excluding hydrogens is 379 g/mol. The van der Waals surface area contributed by atoms with E-state index < -0.39 is 0 Å². The molecule has 1 N–H and O–H groups in total. The van der Waals surface area contributed by atoms with E-state index in [9.17, 15) is 4.79 Å². The minimum absolute atomic E-state index is 0.0126. The standard InChI is InChI=1S/C16H15IN2O2/c17-13-14(9-5-6-9)18-15(19-16(13)20)11-7-10-3-1-2-4-12(10)21-8-11/h1-4,9,11H,5-8H2,(H,18,19,20). The molecule has 0 bridgehead atoms. The predicted molar refractivity (Wildman–Crippen MR) is 87.9 cm³/mol. The van der Waals surface area contributed by atoms with Crippen LogP contribution in [0.3, 0.4) is 0 Å². The van der Waals surface area contributed by atoms with Gasteiger partial charge in [0.1, 0.15) is 11.6 Å². The van der Waals surface area contributed by atoms with Crippen LogP contribution in [0.2, 0.25) is 0 Å². The molecule has 0 saturated heterocycles. The number of para-hydroxylation sites is 1. The molecule has 1 unspecified atom stereocenters. The van der Waals surface area contributed by atoms with Gasteiger partial charge in [-0.25, -0.2) is 4.98 Å². The fourth-order valence-electron chi connectivity index (χ4n) is 2.82. The van der Waals surface area contributed by atoms with Crippen LogP contribution in [0.15, 0.2) is 29.1 Å². The van der Waals surface area contributed by atoms with Crippen LogP contribution in [0.25, 0.3) is 0 Å². The summed E-state index contributed by atoms with van der Waals surface area (Å²) in [5.74, 6) is 2.33. The number of hydrogen-bond donors (Lipinski definition) is 1. The monoisotopic (exact) mass is 394 g/mol. The topological polar surface area (TPSA) is 55.0 Å². The highest BCUT2D eigenvalue weighted by molar-refractivity contribution is 14.1. The van der Waals surface area contributed by atoms with Crippen molar-refractivity contribution >= 4 is 22.6 Å². The van der Waals surface area contributed by atoms with Gasteiger partial charge in [-0.2, -0.15) is 0 Å². The van der Waals surface area contributed by atoms with E-state index in [-0.39, 0.29) is 11.5 Å². The van der Waals surface area contributed by atoms with E-state index in [1.807, 2.05) is 18.2 Å². The van der Waals surface area contributed by atoms with Gasteiger partial charge in [0.2, 0.25) is 0 Å². The van der Waals surface area contributed by atoms with Crippen LogP contribution >= 0.6 is 22.6 Å². The van der Waals surface area contributed by atoms with Crippen LogP contribution in [0.4, 0.5) is 0 Å². The molecule has 1 aliphatic heterocycles. The minimum atomic E-state index is -0.0126. The minimum Gasteiger partial charge on any atom is -0.493 e. The van der Waals surface area contributed by atoms with Crippen molar-refractivity contribution < 1.29 is 4.74 Å². The van der Waals surface area contributed by atoms with Crippen molar-refractivity contribution in [3.05, 3.63) is 55.3 Å². The molecule has 0 amide bonds. The Morgan fingerprint density at radius 2 is 2.05 bits per heavy atom. The summed E-state index contributed by atoms with van der Waals surface area (Å²) in [6.45, 7) is 0.574. The van der Waals surface area contributed by atoms with Gasteiger partial charge in [-0.1, -0.05) is 18.2 Å². The van der Waals surface area contributed by atoms with Gasteiger partial charge in [-0.3, -0.25) is 4.79 Å². The lowest BCUT2D eigenvalue weighted by Gasteiger charge is -2.24. The summed E-state index contributed by atoms with van der Waals surface area (Å²) in [5, 5.41) is 0. The Kier molecular flexibility index (Phi) is 3.24. The molecule has 1 saturated carbocycles. The maximum atomic E-state index is 12.1. The van der Waals surface area contributed by atoms with Gasteiger partial charge >= 0.3 is 0 Å². The number of aromatic nitrogens is 2. The van der Waals surface area contributed by atoms with Gasteiger partial charge in [0.15, 0.2) is 0 Å². The molecule has 21 heavy (non-hydrogen) atoms. The van der Waals surface area contributed by atoms with Gasteiger partial charge in [-0.15, -0.1) is 0 Å². The third-order valence-corrected chi connectivity index (χ3v) is 5.18. The number of hydrogen-bond acceptors (Lipinski definition) is 3. The smallest absolute Gasteiger partial charge is 0.264 e. The maximum Gasteiger partial charge on any atom is 0.264 e. The fraction of sp³-hybridized carbons (Fsp3) is 0.375. The Morgan fingerprint density at radius 3 is 2.86 bits per heavy atom. The summed E-state index contributed by atoms with van der Waals surface area (Å²) in [4.78, 5) is 19.8. The molecule has 0 radical (unpaired) electrons. The summed E-state index contributed by atoms with van der Waals surface area (Å²) in [7, 11) is 0. The first kappa shape index (κ1) is 13.3. The van der Waals surface area contributed by atoms with Gasteiger partial charge < -0.3 is 9.72 Å². The number of rotatable bonds is 2. The van der Waals surface area contributed by atoms with Gasteiger partial charge in [0.05, 0.1) is 21.8 Å². The van der Waals surface area contributed by atoms with Crippen LogP contribution in [0.1, 0.15) is 41.8 Å². The van der Waals surface area contributed by atoms with Crippen LogP contribution in [0.5, 0.6) is 5.75 Å². The molecule has 2 heterocycles. The van der Waals surface area contributed by atoms with E-state index in [0.717, 1.165) is 40.1 Å². The largest absolute Gasteiger partial charge is 0.493 e. The second-order valence-electron chi connectivity index (χ2n) is 5.74. The van der Waals surface area contributed by atoms with Crippen molar-refractivity contribution in [1.29, 1.82) is 0 Å². The molecule has 1 aliphatic carbocycles. The first-order valence-corrected chi connectivity index (χ1v) is 8.30. The highest BCUT2D eigenvalue weighted by Gasteiger charge is 2.31. The van der Waals surface area contributed by atoms with Crippen molar-refractivity contribution in [3.8, 4) is 5.75 Å². The van der Waals surface area contributed by atoms with Crippen LogP contribution in [-0.2, 0) is 6.42 Å². The van der Waals surface area contributed by atoms with Gasteiger partial charge in [0.25, 0.3) is 5.56 Å². The molecule has 2 aromatic rings. The Balaban J connectivity index is 1.70. The molecular formula is C16H15IN2O2. The van der Waals surface area contributed by atoms with Gasteiger partial charge in [0, 0.05) is 5.92 Å². The van der Waals surface area contributed by atoms with Crippen molar-refractivity contribution in [2.75, 3.05) is 6.61 Å². The first-order chi connectivity index (χ1) is 10.2. The van der Waals surface area contributed by atoms with E-state index in [0.29, 0.717) is 12.5 Å². The Labute approximate surface area is 136 Å². The number of halogens is 1. The number of nitrogens with one attached hydrogen (secondary N) is 1. The second-order valence-corrected chi connectivity index (χ2v) is 6.82. The summed E-state index contributed by atoms with van der Waals surface area (Å²) < 4.78 is 6.56. The van der Waals surface area contributed by atoms with Crippen LogP contribution in [-0.4, -0.2) is 16.6 Å². The summed E-state index contributed by atoms with van der Waals surface area (Å²) in [6.07, 6.45) is 3.16. The Hall–Kier alpha value is -1.37. The predicted octanol–water partition coefficient (Wildman–Crippen LogP) is 2.97. The number of aromatic amines is 1. The molecule has 4 nitrogen and oxygen atoms in total. The van der Waals surface area contributed by atoms with E-state index >= 15 is 0 Å². The first-order valence-electron chi connectivity index (χ1n) is 7.22. The van der Waals surface area contributed by atoms with Crippen molar-refractivity contribution in [2.24, 2.45) is 0 Å². The zero-order chi connectivity index (χ0) is 14.4. The molecule has 0 spiro atoms. The van der Waals surface area contributed by atoms with Crippen LogP contribution in [0, 0.1) is 3.57 Å². The van der Waals surface area contributed by atoms with Crippen molar-refractivity contribution in [2.45, 2.75) is 31.1 Å². The summed E-state index contributed by atoms with van der Waals surface area (Å²) in [5.41, 5.74) is 2.15. The molecule has 1 aromatic heterocycles. The fourth-order valence-corrected chi connectivity index (χ4v) is 3.51. The van der Waals surface area contributed by atoms with E-state index in [2.05, 4.69) is 33.6 Å². The zero-order valence-corrected chi connectivity index (χ0v) is 13.6. The summed E-state index contributed by atoms with van der Waals surface area (Å²) in [6, 6.07) is 8.07. The zero-order valence-electron chi connectivity index (χ0n) is 11.4. The number of H-pyrrole nitrogens is 1. The normalized spacial score (nSPS) is 20.7. The number of benzene rings is 1. The molecule has 5 heteroatoms. The molecule has 1 fully saturated rings. The highest BCUT2D eigenvalue weighted by Crippen LogP contribution is 2.40. The number of fused-ring (bicyclic) bond motifs is 1. The SMILES string of the molecule is O=c1[nH]c(C2COc3ccccc3C2)nc(C2CC2)c1I. The van der Waals surface area contributed by atoms with Crippen molar-refractivity contribution in [1.82, 2.24) is 9.97 Å². The molecule has 1 aromatic carbocycles. The maximum absolute atomic E-state index is 12.1. The van der Waals surface area contributed by atoms with E-state index in [1.165, 1.54) is 5.56 Å². The van der Waals surface area contributed by atoms with E-state index in [1.54, 1.807) is 0 Å². The third-order valence-electron chi connectivity index (χ3n) is 4.14. The average Bonchev–Trinajstić information content (AvgIpc) is 3.34. The number of ether oxygens (including phenoxy) is 1. The Bertz CT molecular complexity index is 752. The van der Waals surface area contributed by atoms with E-state index in [4.69, 9.17) is 9.72 Å². The van der Waals surface area contributed by atoms with Crippen LogP contribution < -0.4 is 10.3 Å². The third kappa shape index (κ3) is 2.47. The molecule has 108 valence electrons. The molecule has 4 rings (SSSR count). The lowest BCUT2D eigenvalue weighted by atomic mass is 9.96. The second kappa shape index (κ2) is 5.12.